The Kier molecular flexibility index (Phi) is 5.93. The monoisotopic (exact) mass is 413 g/mol. The summed E-state index contributed by atoms with van der Waals surface area (Å²) in [4.78, 5) is 46.8. The van der Waals surface area contributed by atoms with Crippen molar-refractivity contribution in [1.29, 1.82) is 0 Å². The van der Waals surface area contributed by atoms with Crippen molar-refractivity contribution in [2.24, 2.45) is 0 Å². The molecule has 0 bridgehead atoms. The van der Waals surface area contributed by atoms with E-state index < -0.39 is 66.0 Å². The number of aliphatic hydroxyl groups excluding tert-OH is 3. The lowest BCUT2D eigenvalue weighted by atomic mass is 9.99. The number of nitrogens with one attached hydrogen (secondary N) is 2. The number of aliphatic carboxylic acids is 1. The molecule has 1 fully saturated rings. The van der Waals surface area contributed by atoms with Crippen LogP contribution in [0.5, 0.6) is 0 Å². The summed E-state index contributed by atoms with van der Waals surface area (Å²) >= 11 is 0. The van der Waals surface area contributed by atoms with E-state index in [1.165, 1.54) is 0 Å². The Morgan fingerprint density at radius 3 is 2.36 bits per heavy atom. The number of carboxylic acids is 1. The van der Waals surface area contributed by atoms with Gasteiger partial charge in [0.2, 0.25) is 0 Å². The lowest BCUT2D eigenvalue weighted by Gasteiger charge is -2.27. The number of amides is 1. The van der Waals surface area contributed by atoms with Crippen molar-refractivity contribution in [3.8, 4) is 0 Å². The number of aromatic nitrogens is 2. The normalized spacial score (nSPS) is 27.2. The zero-order valence-electron chi connectivity index (χ0n) is 13.5. The van der Waals surface area contributed by atoms with Crippen molar-refractivity contribution in [2.75, 3.05) is 0 Å². The standard InChI is InChI=1S/C13H14F3N3O9/c14-13(15,16)11(26)18-4(10(24)25)5(21)8-6(22)7(23)9(28-8)19-2-1-3(20)17-12(19)27/h1-2,4-9,21-23H,(H,18,26)(H,24,25)(H,17,20,27)/t4-,5-,6+,7?,8+,9+/m0/s1. The van der Waals surface area contributed by atoms with Gasteiger partial charge in [0.05, 0.1) is 0 Å². The average molecular weight is 413 g/mol. The highest BCUT2D eigenvalue weighted by Gasteiger charge is 2.51. The number of hydrogen-bond acceptors (Lipinski definition) is 8. The molecule has 6 atom stereocenters. The van der Waals surface area contributed by atoms with Gasteiger partial charge in [-0.1, -0.05) is 0 Å². The van der Waals surface area contributed by atoms with Crippen molar-refractivity contribution >= 4 is 11.9 Å². The van der Waals surface area contributed by atoms with Crippen molar-refractivity contribution in [3.05, 3.63) is 33.1 Å². The number of aromatic amines is 1. The van der Waals surface area contributed by atoms with E-state index in [0.29, 0.717) is 4.57 Å². The molecule has 1 amide bonds. The van der Waals surface area contributed by atoms with Crippen LogP contribution in [-0.2, 0) is 14.3 Å². The van der Waals surface area contributed by atoms with Crippen molar-refractivity contribution in [2.45, 2.75) is 42.9 Å². The van der Waals surface area contributed by atoms with Crippen LogP contribution in [0.3, 0.4) is 0 Å². The fourth-order valence-electron chi connectivity index (χ4n) is 2.53. The molecule has 2 rings (SSSR count). The van der Waals surface area contributed by atoms with Gasteiger partial charge in [0, 0.05) is 12.3 Å². The molecule has 1 unspecified atom stereocenters. The van der Waals surface area contributed by atoms with E-state index in [1.807, 2.05) is 4.98 Å². The molecule has 1 aliphatic heterocycles. The van der Waals surface area contributed by atoms with Gasteiger partial charge in [-0.3, -0.25) is 19.1 Å². The summed E-state index contributed by atoms with van der Waals surface area (Å²) in [6, 6.07) is -1.70. The minimum Gasteiger partial charge on any atom is -0.480 e. The van der Waals surface area contributed by atoms with E-state index in [-0.39, 0.29) is 0 Å². The number of hydrogen-bond donors (Lipinski definition) is 6. The second-order valence-corrected chi connectivity index (χ2v) is 5.77. The fourth-order valence-corrected chi connectivity index (χ4v) is 2.53. The van der Waals surface area contributed by atoms with Crippen LogP contribution in [0.2, 0.25) is 0 Å². The Morgan fingerprint density at radius 1 is 1.25 bits per heavy atom. The van der Waals surface area contributed by atoms with Crippen molar-refractivity contribution in [1.82, 2.24) is 14.9 Å². The lowest BCUT2D eigenvalue weighted by molar-refractivity contribution is -0.178. The SMILES string of the molecule is O=C(O)[C@@H](NC(=O)C(F)(F)F)[C@H](O)[C@H]1O[C@@H](n2ccc(=O)[nH]c2=O)C(O)[C@H]1O. The molecule has 156 valence electrons. The third-order valence-corrected chi connectivity index (χ3v) is 3.89. The largest absolute Gasteiger partial charge is 0.480 e. The third-order valence-electron chi connectivity index (χ3n) is 3.89. The maximum Gasteiger partial charge on any atom is 0.471 e. The number of ether oxygens (including phenoxy) is 1. The smallest absolute Gasteiger partial charge is 0.471 e. The van der Waals surface area contributed by atoms with Crippen LogP contribution in [-0.4, -0.2) is 78.5 Å². The van der Waals surface area contributed by atoms with Gasteiger partial charge in [-0.05, 0) is 0 Å². The van der Waals surface area contributed by atoms with Crippen molar-refractivity contribution < 1.29 is 47.9 Å². The van der Waals surface area contributed by atoms with Crippen LogP contribution < -0.4 is 16.6 Å². The first-order chi connectivity index (χ1) is 12.8. The maximum atomic E-state index is 12.3. The highest BCUT2D eigenvalue weighted by molar-refractivity contribution is 5.87. The summed E-state index contributed by atoms with van der Waals surface area (Å²) in [6.07, 6.45) is -14.7. The van der Waals surface area contributed by atoms with E-state index in [1.54, 1.807) is 0 Å². The van der Waals surface area contributed by atoms with E-state index in [2.05, 4.69) is 0 Å². The van der Waals surface area contributed by atoms with Crippen LogP contribution in [0.15, 0.2) is 21.9 Å². The minimum absolute atomic E-state index is 0.603. The number of nitrogens with zero attached hydrogens (tertiary/aromatic N) is 1. The second kappa shape index (κ2) is 7.70. The molecular formula is C13H14F3N3O9. The number of aliphatic hydroxyl groups is 3. The molecule has 0 spiro atoms. The van der Waals surface area contributed by atoms with Gasteiger partial charge in [-0.2, -0.15) is 13.2 Å². The fraction of sp³-hybridized carbons (Fsp3) is 0.538. The van der Waals surface area contributed by atoms with Gasteiger partial charge in [0.25, 0.3) is 5.56 Å². The van der Waals surface area contributed by atoms with E-state index in [4.69, 9.17) is 9.84 Å². The molecule has 0 aromatic carbocycles. The number of rotatable bonds is 5. The molecule has 1 aromatic heterocycles. The number of H-pyrrole nitrogens is 1. The topological polar surface area (TPSA) is 191 Å². The molecule has 12 nitrogen and oxygen atoms in total. The Hall–Kier alpha value is -2.75. The summed E-state index contributed by atoms with van der Waals surface area (Å²) in [6.45, 7) is 0. The molecule has 28 heavy (non-hydrogen) atoms. The van der Waals surface area contributed by atoms with E-state index in [9.17, 15) is 47.7 Å². The highest BCUT2D eigenvalue weighted by Crippen LogP contribution is 2.31. The van der Waals surface area contributed by atoms with Crippen LogP contribution in [0.25, 0.3) is 0 Å². The molecule has 1 saturated heterocycles. The lowest BCUT2D eigenvalue weighted by Crippen LogP contribution is -2.57. The zero-order chi connectivity index (χ0) is 21.4. The highest BCUT2D eigenvalue weighted by atomic mass is 19.4. The van der Waals surface area contributed by atoms with Gasteiger partial charge in [0.15, 0.2) is 12.3 Å². The molecule has 2 heterocycles. The predicted octanol–water partition coefficient (Wildman–Crippen LogP) is -3.35. The summed E-state index contributed by atoms with van der Waals surface area (Å²) < 4.78 is 42.7. The van der Waals surface area contributed by atoms with Gasteiger partial charge < -0.3 is 30.5 Å². The van der Waals surface area contributed by atoms with Gasteiger partial charge >= 0.3 is 23.7 Å². The first-order valence-corrected chi connectivity index (χ1v) is 7.46. The summed E-state index contributed by atoms with van der Waals surface area (Å²) in [5.74, 6) is -4.75. The Morgan fingerprint density at radius 2 is 1.86 bits per heavy atom. The molecule has 0 aliphatic carbocycles. The maximum absolute atomic E-state index is 12.3. The van der Waals surface area contributed by atoms with Gasteiger partial charge in [-0.15, -0.1) is 0 Å². The number of carbonyl (C=O) groups excluding carboxylic acids is 1. The third kappa shape index (κ3) is 4.22. The Labute approximate surface area is 151 Å². The van der Waals surface area contributed by atoms with Gasteiger partial charge in [-0.25, -0.2) is 9.59 Å². The summed E-state index contributed by atoms with van der Waals surface area (Å²) in [7, 11) is 0. The predicted molar refractivity (Wildman–Crippen MR) is 78.9 cm³/mol. The first-order valence-electron chi connectivity index (χ1n) is 7.46. The first kappa shape index (κ1) is 21.5. The van der Waals surface area contributed by atoms with Crippen LogP contribution in [0.4, 0.5) is 13.2 Å². The molecule has 6 N–H and O–H groups in total. The van der Waals surface area contributed by atoms with Crippen molar-refractivity contribution in [3.63, 3.8) is 0 Å². The van der Waals surface area contributed by atoms with Gasteiger partial charge in [0.1, 0.15) is 24.4 Å². The van der Waals surface area contributed by atoms with E-state index in [0.717, 1.165) is 17.6 Å². The number of halogens is 3. The quantitative estimate of drug-likeness (QED) is 0.286. The number of alkyl halides is 3. The van der Waals surface area contributed by atoms with E-state index >= 15 is 0 Å². The Balaban J connectivity index is 2.27. The second-order valence-electron chi connectivity index (χ2n) is 5.77. The zero-order valence-corrected chi connectivity index (χ0v) is 13.5. The van der Waals surface area contributed by atoms with Crippen LogP contribution >= 0.6 is 0 Å². The molecular weight excluding hydrogens is 399 g/mol. The van der Waals surface area contributed by atoms with Crippen LogP contribution in [0.1, 0.15) is 6.23 Å². The summed E-state index contributed by atoms with van der Waals surface area (Å²) in [5.41, 5.74) is -1.88. The number of carboxylic acid groups (broad SMARTS) is 1. The molecule has 1 aliphatic rings. The average Bonchev–Trinajstić information content (AvgIpc) is 2.86. The van der Waals surface area contributed by atoms with Crippen LogP contribution in [0, 0.1) is 0 Å². The molecule has 1 aromatic rings. The number of carbonyl (C=O) groups is 2. The Bertz CT molecular complexity index is 867. The molecule has 0 radical (unpaired) electrons. The molecule has 15 heteroatoms. The molecule has 0 saturated carbocycles. The summed E-state index contributed by atoms with van der Waals surface area (Å²) in [5, 5.41) is 40.1. The minimum atomic E-state index is -5.45.